The molecule has 0 spiro atoms. The number of aryl methyl sites for hydroxylation is 1. The first-order valence-electron chi connectivity index (χ1n) is 8.36. The summed E-state index contributed by atoms with van der Waals surface area (Å²) in [5.74, 6) is -2.39. The fourth-order valence-electron chi connectivity index (χ4n) is 3.32. The summed E-state index contributed by atoms with van der Waals surface area (Å²) in [6, 6.07) is 0. The van der Waals surface area contributed by atoms with Crippen LogP contribution in [-0.4, -0.2) is 38.0 Å². The minimum atomic E-state index is -1.24. The van der Waals surface area contributed by atoms with Gasteiger partial charge in [0.1, 0.15) is 6.54 Å². The van der Waals surface area contributed by atoms with E-state index < -0.39 is 35.4 Å². The van der Waals surface area contributed by atoms with E-state index in [-0.39, 0.29) is 5.41 Å². The van der Waals surface area contributed by atoms with E-state index in [1.165, 1.54) is 15.7 Å². The molecule has 0 aliphatic heterocycles. The van der Waals surface area contributed by atoms with Gasteiger partial charge in [-0.15, -0.1) is 11.3 Å². The molecule has 1 atom stereocenters. The SMILES string of the molecule is CC(C)(C)C1CCc2c(sc3nc(O)c(C(=O)NCC(=O)O)c(=O)n23)C1. The number of hydrogen-bond donors (Lipinski definition) is 3. The van der Waals surface area contributed by atoms with Gasteiger partial charge < -0.3 is 15.5 Å². The fourth-order valence-corrected chi connectivity index (χ4v) is 4.55. The first-order valence-corrected chi connectivity index (χ1v) is 9.17. The number of aliphatic carboxylic acids is 1. The predicted molar refractivity (Wildman–Crippen MR) is 95.9 cm³/mol. The van der Waals surface area contributed by atoms with E-state index >= 15 is 0 Å². The van der Waals surface area contributed by atoms with Gasteiger partial charge in [0.15, 0.2) is 10.5 Å². The fraction of sp³-hybridized carbons (Fsp3) is 0.529. The molecule has 1 aliphatic rings. The number of carbonyl (C=O) groups is 2. The van der Waals surface area contributed by atoms with Crippen LogP contribution in [0.25, 0.3) is 4.96 Å². The van der Waals surface area contributed by atoms with Gasteiger partial charge in [-0.25, -0.2) is 0 Å². The number of hydrogen-bond acceptors (Lipinski definition) is 6. The quantitative estimate of drug-likeness (QED) is 0.742. The lowest BCUT2D eigenvalue weighted by Gasteiger charge is -2.33. The molecular weight excluding hydrogens is 358 g/mol. The molecule has 2 aromatic heterocycles. The van der Waals surface area contributed by atoms with Crippen LogP contribution >= 0.6 is 11.3 Å². The molecule has 26 heavy (non-hydrogen) atoms. The Kier molecular flexibility index (Phi) is 4.51. The Balaban J connectivity index is 2.06. The number of carboxylic acid groups (broad SMARTS) is 1. The zero-order valence-electron chi connectivity index (χ0n) is 14.8. The minimum Gasteiger partial charge on any atom is -0.492 e. The van der Waals surface area contributed by atoms with E-state index in [9.17, 15) is 19.5 Å². The Bertz CT molecular complexity index is 954. The van der Waals surface area contributed by atoms with Crippen molar-refractivity contribution < 1.29 is 19.8 Å². The van der Waals surface area contributed by atoms with Gasteiger partial charge in [0, 0.05) is 10.6 Å². The molecular formula is C17H21N3O5S. The van der Waals surface area contributed by atoms with Gasteiger partial charge in [0.05, 0.1) is 0 Å². The second-order valence-electron chi connectivity index (χ2n) is 7.59. The topological polar surface area (TPSA) is 121 Å². The van der Waals surface area contributed by atoms with Gasteiger partial charge in [0.25, 0.3) is 11.5 Å². The molecule has 0 fully saturated rings. The van der Waals surface area contributed by atoms with Crippen molar-refractivity contribution in [1.82, 2.24) is 14.7 Å². The number of aromatic hydroxyl groups is 1. The van der Waals surface area contributed by atoms with Gasteiger partial charge in [-0.3, -0.25) is 18.8 Å². The first-order chi connectivity index (χ1) is 12.1. The zero-order valence-corrected chi connectivity index (χ0v) is 15.6. The van der Waals surface area contributed by atoms with E-state index in [0.717, 1.165) is 23.4 Å². The third-order valence-electron chi connectivity index (χ3n) is 4.85. The third-order valence-corrected chi connectivity index (χ3v) is 5.96. The molecule has 0 bridgehead atoms. The van der Waals surface area contributed by atoms with Gasteiger partial charge in [0.2, 0.25) is 5.88 Å². The van der Waals surface area contributed by atoms with Crippen LogP contribution in [0.1, 0.15) is 48.1 Å². The van der Waals surface area contributed by atoms with E-state index in [4.69, 9.17) is 5.11 Å². The molecule has 0 saturated carbocycles. The molecule has 1 unspecified atom stereocenters. The summed E-state index contributed by atoms with van der Waals surface area (Å²) in [6.45, 7) is 5.93. The largest absolute Gasteiger partial charge is 0.492 e. The average Bonchev–Trinajstić information content (AvgIpc) is 2.89. The summed E-state index contributed by atoms with van der Waals surface area (Å²) in [7, 11) is 0. The first kappa shape index (κ1) is 18.4. The molecule has 3 rings (SSSR count). The second-order valence-corrected chi connectivity index (χ2v) is 8.65. The Morgan fingerprint density at radius 2 is 2.08 bits per heavy atom. The zero-order chi connectivity index (χ0) is 19.2. The van der Waals surface area contributed by atoms with Crippen LogP contribution in [0.4, 0.5) is 0 Å². The lowest BCUT2D eigenvalue weighted by molar-refractivity contribution is -0.135. The maximum Gasteiger partial charge on any atom is 0.322 e. The summed E-state index contributed by atoms with van der Waals surface area (Å²) in [5.41, 5.74) is -0.212. The van der Waals surface area contributed by atoms with E-state index in [0.29, 0.717) is 17.3 Å². The highest BCUT2D eigenvalue weighted by Crippen LogP contribution is 2.39. The number of amides is 1. The number of nitrogens with one attached hydrogen (secondary N) is 1. The van der Waals surface area contributed by atoms with Gasteiger partial charge in [-0.05, 0) is 30.6 Å². The van der Waals surface area contributed by atoms with Crippen molar-refractivity contribution in [2.75, 3.05) is 6.54 Å². The van der Waals surface area contributed by atoms with Gasteiger partial charge >= 0.3 is 5.97 Å². The van der Waals surface area contributed by atoms with Gasteiger partial charge in [-0.2, -0.15) is 4.98 Å². The molecule has 0 aromatic carbocycles. The summed E-state index contributed by atoms with van der Waals surface area (Å²) in [6.07, 6.45) is 2.45. The number of thiazole rings is 1. The van der Waals surface area contributed by atoms with Crippen molar-refractivity contribution in [3.8, 4) is 5.88 Å². The minimum absolute atomic E-state index is 0.149. The predicted octanol–water partition coefficient (Wildman–Crippen LogP) is 1.43. The lowest BCUT2D eigenvalue weighted by atomic mass is 9.73. The number of fused-ring (bicyclic) bond motifs is 3. The molecule has 8 nitrogen and oxygen atoms in total. The number of nitrogens with zero attached hydrogens (tertiary/aromatic N) is 2. The maximum absolute atomic E-state index is 12.8. The van der Waals surface area contributed by atoms with Crippen molar-refractivity contribution in [1.29, 1.82) is 0 Å². The van der Waals surface area contributed by atoms with Crippen molar-refractivity contribution in [3.63, 3.8) is 0 Å². The van der Waals surface area contributed by atoms with Crippen LogP contribution in [0.15, 0.2) is 4.79 Å². The molecule has 1 amide bonds. The van der Waals surface area contributed by atoms with E-state index in [2.05, 4.69) is 31.1 Å². The third kappa shape index (κ3) is 3.18. The number of aromatic nitrogens is 2. The summed E-state index contributed by atoms with van der Waals surface area (Å²) < 4.78 is 1.38. The Morgan fingerprint density at radius 3 is 2.69 bits per heavy atom. The van der Waals surface area contributed by atoms with Crippen LogP contribution in [-0.2, 0) is 17.6 Å². The second kappa shape index (κ2) is 6.39. The molecule has 2 aromatic rings. The standard InChI is InChI=1S/C17H21N3O5S/c1-17(2,3)8-4-5-9-10(6-8)26-16-19-14(24)12(15(25)20(9)16)13(23)18-7-11(21)22/h8,24H,4-7H2,1-3H3,(H,18,23)(H,21,22). The van der Waals surface area contributed by atoms with E-state index in [1.807, 2.05) is 0 Å². The molecule has 140 valence electrons. The number of carbonyl (C=O) groups excluding carboxylic acids is 1. The van der Waals surface area contributed by atoms with Crippen molar-refractivity contribution >= 4 is 28.2 Å². The van der Waals surface area contributed by atoms with Crippen molar-refractivity contribution in [2.45, 2.75) is 40.0 Å². The Hall–Kier alpha value is -2.42. The maximum atomic E-state index is 12.8. The van der Waals surface area contributed by atoms with Crippen LogP contribution in [0.2, 0.25) is 0 Å². The molecule has 0 saturated heterocycles. The summed E-state index contributed by atoms with van der Waals surface area (Å²) >= 11 is 1.35. The van der Waals surface area contributed by atoms with Crippen LogP contribution < -0.4 is 10.9 Å². The van der Waals surface area contributed by atoms with E-state index in [1.54, 1.807) is 0 Å². The highest BCUT2D eigenvalue weighted by Gasteiger charge is 2.32. The van der Waals surface area contributed by atoms with Gasteiger partial charge in [-0.1, -0.05) is 20.8 Å². The smallest absolute Gasteiger partial charge is 0.322 e. The van der Waals surface area contributed by atoms with Crippen LogP contribution in [0.5, 0.6) is 5.88 Å². The lowest BCUT2D eigenvalue weighted by Crippen LogP contribution is -2.35. The molecule has 9 heteroatoms. The average molecular weight is 379 g/mol. The molecule has 0 radical (unpaired) electrons. The molecule has 1 aliphatic carbocycles. The normalized spacial score (nSPS) is 17.1. The Labute approximate surface area is 153 Å². The van der Waals surface area contributed by atoms with Crippen LogP contribution in [0.3, 0.4) is 0 Å². The summed E-state index contributed by atoms with van der Waals surface area (Å²) in [4.78, 5) is 40.9. The van der Waals surface area contributed by atoms with Crippen molar-refractivity contribution in [3.05, 3.63) is 26.5 Å². The molecule has 3 N–H and O–H groups in total. The number of rotatable bonds is 3. The highest BCUT2D eigenvalue weighted by molar-refractivity contribution is 7.17. The Morgan fingerprint density at radius 1 is 1.38 bits per heavy atom. The van der Waals surface area contributed by atoms with Crippen molar-refractivity contribution in [2.24, 2.45) is 11.3 Å². The summed E-state index contributed by atoms with van der Waals surface area (Å²) in [5, 5.41) is 20.8. The van der Waals surface area contributed by atoms with Crippen LogP contribution in [0, 0.1) is 11.3 Å². The molecule has 2 heterocycles. The number of carboxylic acids is 1. The highest BCUT2D eigenvalue weighted by atomic mass is 32.1. The monoisotopic (exact) mass is 379 g/mol.